The molecule has 0 unspecified atom stereocenters. The minimum atomic E-state index is -0.960. The molecule has 2 heterocycles. The number of carboxylic acids is 1. The van der Waals surface area contributed by atoms with Gasteiger partial charge in [0.05, 0.1) is 11.3 Å². The zero-order valence-electron chi connectivity index (χ0n) is 16.5. The van der Waals surface area contributed by atoms with E-state index < -0.39 is 11.6 Å². The summed E-state index contributed by atoms with van der Waals surface area (Å²) in [5.41, 5.74) is 2.12. The molecule has 28 heavy (non-hydrogen) atoms. The number of hydrogen-bond donors (Lipinski definition) is 1. The van der Waals surface area contributed by atoms with Crippen molar-refractivity contribution in [2.45, 2.75) is 45.1 Å². The minimum absolute atomic E-state index is 0.129. The highest BCUT2D eigenvalue weighted by Gasteiger charge is 2.29. The Kier molecular flexibility index (Phi) is 5.68. The molecule has 1 aliphatic heterocycles. The fraction of sp³-hybridized carbons (Fsp3) is 0.409. The number of ether oxygens (including phenoxy) is 1. The van der Waals surface area contributed by atoms with Gasteiger partial charge in [-0.05, 0) is 57.9 Å². The third-order valence-electron chi connectivity index (χ3n) is 4.67. The molecular formula is C22H26N2O4. The number of carbonyl (C=O) groups excluding carboxylic acids is 1. The lowest BCUT2D eigenvalue weighted by Gasteiger charge is -2.34. The van der Waals surface area contributed by atoms with E-state index in [1.807, 2.05) is 45.0 Å². The molecule has 1 amide bonds. The van der Waals surface area contributed by atoms with Crippen molar-refractivity contribution in [3.8, 4) is 11.3 Å². The molecular weight excluding hydrogens is 356 g/mol. The predicted octanol–water partition coefficient (Wildman–Crippen LogP) is 4.56. The van der Waals surface area contributed by atoms with Gasteiger partial charge < -0.3 is 14.7 Å². The van der Waals surface area contributed by atoms with E-state index in [2.05, 4.69) is 0 Å². The summed E-state index contributed by atoms with van der Waals surface area (Å²) in [5.74, 6) is -0.831. The van der Waals surface area contributed by atoms with Crippen molar-refractivity contribution in [3.63, 3.8) is 0 Å². The molecule has 1 saturated heterocycles. The summed E-state index contributed by atoms with van der Waals surface area (Å²) in [6, 6.07) is 12.5. The second-order valence-electron chi connectivity index (χ2n) is 8.10. The van der Waals surface area contributed by atoms with Gasteiger partial charge in [0, 0.05) is 30.3 Å². The molecule has 1 N–H and O–H groups in total. The van der Waals surface area contributed by atoms with Gasteiger partial charge in [0.15, 0.2) is 0 Å². The van der Waals surface area contributed by atoms with Gasteiger partial charge >= 0.3 is 12.1 Å². The van der Waals surface area contributed by atoms with Crippen LogP contribution in [0.2, 0.25) is 0 Å². The first kappa shape index (κ1) is 19.9. The van der Waals surface area contributed by atoms with E-state index >= 15 is 0 Å². The smallest absolute Gasteiger partial charge is 0.410 e. The van der Waals surface area contributed by atoms with Crippen LogP contribution in [0, 0.1) is 0 Å². The van der Waals surface area contributed by atoms with E-state index in [4.69, 9.17) is 9.72 Å². The maximum atomic E-state index is 12.4. The molecule has 1 fully saturated rings. The highest BCUT2D eigenvalue weighted by molar-refractivity contribution is 5.89. The van der Waals surface area contributed by atoms with Gasteiger partial charge in [-0.1, -0.05) is 18.2 Å². The molecule has 6 nitrogen and oxygen atoms in total. The number of likely N-dealkylation sites (tertiary alicyclic amines) is 1. The maximum Gasteiger partial charge on any atom is 0.410 e. The summed E-state index contributed by atoms with van der Waals surface area (Å²) in [6.45, 7) is 6.85. The lowest BCUT2D eigenvalue weighted by Crippen LogP contribution is -2.42. The number of aromatic carboxylic acids is 1. The molecule has 0 saturated carbocycles. The number of pyridine rings is 1. The molecule has 1 atom stereocenters. The van der Waals surface area contributed by atoms with E-state index in [0.29, 0.717) is 13.1 Å². The Labute approximate surface area is 165 Å². The van der Waals surface area contributed by atoms with Crippen molar-refractivity contribution in [3.05, 3.63) is 53.7 Å². The third-order valence-corrected chi connectivity index (χ3v) is 4.67. The van der Waals surface area contributed by atoms with Crippen molar-refractivity contribution in [2.75, 3.05) is 13.1 Å². The lowest BCUT2D eigenvalue weighted by atomic mass is 9.94. The van der Waals surface area contributed by atoms with Crippen LogP contribution in [-0.4, -0.2) is 45.7 Å². The summed E-state index contributed by atoms with van der Waals surface area (Å²) in [7, 11) is 0. The van der Waals surface area contributed by atoms with Crippen LogP contribution in [0.5, 0.6) is 0 Å². The first-order chi connectivity index (χ1) is 13.2. The highest BCUT2D eigenvalue weighted by atomic mass is 16.6. The Bertz CT molecular complexity index is 873. The van der Waals surface area contributed by atoms with E-state index in [1.165, 1.54) is 0 Å². The first-order valence-corrected chi connectivity index (χ1v) is 9.51. The number of nitrogens with zero attached hydrogens (tertiary/aromatic N) is 2. The van der Waals surface area contributed by atoms with Crippen molar-refractivity contribution in [2.24, 2.45) is 0 Å². The first-order valence-electron chi connectivity index (χ1n) is 9.51. The molecule has 0 radical (unpaired) electrons. The van der Waals surface area contributed by atoms with Crippen LogP contribution in [0.15, 0.2) is 42.5 Å². The molecule has 1 aromatic carbocycles. The second kappa shape index (κ2) is 8.00. The number of aromatic nitrogens is 1. The van der Waals surface area contributed by atoms with Gasteiger partial charge in [0.2, 0.25) is 0 Å². The van der Waals surface area contributed by atoms with E-state index in [9.17, 15) is 14.7 Å². The average Bonchev–Trinajstić information content (AvgIpc) is 2.67. The van der Waals surface area contributed by atoms with Gasteiger partial charge in [-0.2, -0.15) is 0 Å². The van der Waals surface area contributed by atoms with Crippen LogP contribution in [0.1, 0.15) is 55.6 Å². The topological polar surface area (TPSA) is 79.7 Å². The summed E-state index contributed by atoms with van der Waals surface area (Å²) in [6.07, 6.45) is 1.55. The number of hydrogen-bond acceptors (Lipinski definition) is 4. The maximum absolute atomic E-state index is 12.4. The zero-order chi connectivity index (χ0) is 20.3. The SMILES string of the molecule is CC(C)(C)OC(=O)N1CCC[C@H](c2cccc(-c3cccc(C(=O)O)c3)n2)C1. The Hall–Kier alpha value is -2.89. The Morgan fingerprint density at radius 2 is 1.93 bits per heavy atom. The Morgan fingerprint density at radius 1 is 1.18 bits per heavy atom. The number of carbonyl (C=O) groups is 2. The Balaban J connectivity index is 1.79. The van der Waals surface area contributed by atoms with Crippen LogP contribution >= 0.6 is 0 Å². The number of piperidine rings is 1. The summed E-state index contributed by atoms with van der Waals surface area (Å²) >= 11 is 0. The van der Waals surface area contributed by atoms with Gasteiger partial charge in [-0.15, -0.1) is 0 Å². The second-order valence-corrected chi connectivity index (χ2v) is 8.10. The molecule has 1 aromatic heterocycles. The van der Waals surface area contributed by atoms with Crippen LogP contribution in [0.4, 0.5) is 4.79 Å². The fourth-order valence-corrected chi connectivity index (χ4v) is 3.36. The van der Waals surface area contributed by atoms with Crippen LogP contribution in [0.25, 0.3) is 11.3 Å². The van der Waals surface area contributed by atoms with E-state index in [-0.39, 0.29) is 17.6 Å². The summed E-state index contributed by atoms with van der Waals surface area (Å²) in [5, 5.41) is 9.21. The van der Waals surface area contributed by atoms with Crippen molar-refractivity contribution < 1.29 is 19.4 Å². The Morgan fingerprint density at radius 3 is 2.64 bits per heavy atom. The van der Waals surface area contributed by atoms with E-state index in [0.717, 1.165) is 29.8 Å². The molecule has 3 rings (SSSR count). The van der Waals surface area contributed by atoms with Crippen LogP contribution in [-0.2, 0) is 4.74 Å². The van der Waals surface area contributed by atoms with Crippen molar-refractivity contribution >= 4 is 12.1 Å². The highest BCUT2D eigenvalue weighted by Crippen LogP contribution is 2.28. The van der Waals surface area contributed by atoms with E-state index in [1.54, 1.807) is 23.1 Å². The average molecular weight is 382 g/mol. The normalized spacial score (nSPS) is 17.2. The predicted molar refractivity (Wildman–Crippen MR) is 106 cm³/mol. The number of benzene rings is 1. The van der Waals surface area contributed by atoms with Crippen LogP contribution in [0.3, 0.4) is 0 Å². The van der Waals surface area contributed by atoms with Crippen molar-refractivity contribution in [1.29, 1.82) is 0 Å². The van der Waals surface area contributed by atoms with Gasteiger partial charge in [-0.25, -0.2) is 9.59 Å². The quantitative estimate of drug-likeness (QED) is 0.842. The lowest BCUT2D eigenvalue weighted by molar-refractivity contribution is 0.0197. The fourth-order valence-electron chi connectivity index (χ4n) is 3.36. The molecule has 2 aromatic rings. The molecule has 0 spiro atoms. The molecule has 0 bridgehead atoms. The van der Waals surface area contributed by atoms with Gasteiger partial charge in [0.1, 0.15) is 5.60 Å². The van der Waals surface area contributed by atoms with Crippen LogP contribution < -0.4 is 0 Å². The monoisotopic (exact) mass is 382 g/mol. The number of rotatable bonds is 3. The largest absolute Gasteiger partial charge is 0.478 e. The standard InChI is InChI=1S/C22H26N2O4/c1-22(2,3)28-21(27)24-12-6-9-17(14-24)19-11-5-10-18(23-19)15-7-4-8-16(13-15)20(25)26/h4-5,7-8,10-11,13,17H,6,9,12,14H2,1-3H3,(H,25,26)/t17-/m0/s1. The zero-order valence-corrected chi connectivity index (χ0v) is 16.5. The molecule has 6 heteroatoms. The van der Waals surface area contributed by atoms with Crippen molar-refractivity contribution in [1.82, 2.24) is 9.88 Å². The van der Waals surface area contributed by atoms with Gasteiger partial charge in [-0.3, -0.25) is 4.98 Å². The summed E-state index contributed by atoms with van der Waals surface area (Å²) in [4.78, 5) is 30.1. The van der Waals surface area contributed by atoms with Gasteiger partial charge in [0.25, 0.3) is 0 Å². The minimum Gasteiger partial charge on any atom is -0.478 e. The molecule has 1 aliphatic rings. The summed E-state index contributed by atoms with van der Waals surface area (Å²) < 4.78 is 5.50. The number of carboxylic acid groups (broad SMARTS) is 1. The third kappa shape index (κ3) is 4.88. The molecule has 148 valence electrons. The number of amides is 1. The molecule has 0 aliphatic carbocycles.